The molecule has 1 saturated heterocycles. The number of nitrogens with one attached hydrogen (secondary N) is 2. The van der Waals surface area contributed by atoms with Gasteiger partial charge in [0.05, 0.1) is 12.6 Å². The summed E-state index contributed by atoms with van der Waals surface area (Å²) in [4.78, 5) is 4.62. The lowest BCUT2D eigenvalue weighted by Gasteiger charge is -2.24. The van der Waals surface area contributed by atoms with Gasteiger partial charge in [-0.1, -0.05) is 60.7 Å². The summed E-state index contributed by atoms with van der Waals surface area (Å²) in [6.45, 7) is 6.45. The molecule has 3 unspecified atom stereocenters. The number of ether oxygens (including phenoxy) is 1. The fraction of sp³-hybridized carbons (Fsp3) is 0.435. The van der Waals surface area contributed by atoms with E-state index < -0.39 is 5.60 Å². The molecular weight excluding hydrogens is 350 g/mol. The molecule has 0 bridgehead atoms. The van der Waals surface area contributed by atoms with E-state index in [-0.39, 0.29) is 12.6 Å². The molecule has 1 aliphatic heterocycles. The van der Waals surface area contributed by atoms with Crippen LogP contribution in [0.15, 0.2) is 65.7 Å². The van der Waals surface area contributed by atoms with Crippen molar-refractivity contribution in [1.82, 2.24) is 10.6 Å². The highest BCUT2D eigenvalue weighted by molar-refractivity contribution is 5.79. The van der Waals surface area contributed by atoms with Crippen molar-refractivity contribution >= 4 is 5.96 Å². The van der Waals surface area contributed by atoms with Crippen molar-refractivity contribution < 1.29 is 9.84 Å². The molecule has 2 aromatic carbocycles. The number of aliphatic hydroxyl groups is 1. The quantitative estimate of drug-likeness (QED) is 0.509. The van der Waals surface area contributed by atoms with E-state index in [1.54, 1.807) is 6.92 Å². The zero-order valence-electron chi connectivity index (χ0n) is 16.8. The van der Waals surface area contributed by atoms with Crippen LogP contribution in [0.25, 0.3) is 0 Å². The maximum atomic E-state index is 10.8. The summed E-state index contributed by atoms with van der Waals surface area (Å²) in [7, 11) is 0. The van der Waals surface area contributed by atoms with E-state index in [1.807, 2.05) is 43.3 Å². The average Bonchev–Trinajstić information content (AvgIpc) is 3.20. The summed E-state index contributed by atoms with van der Waals surface area (Å²) in [6.07, 6.45) is 1.14. The zero-order valence-corrected chi connectivity index (χ0v) is 16.8. The largest absolute Gasteiger partial charge is 0.384 e. The fourth-order valence-electron chi connectivity index (χ4n) is 3.55. The van der Waals surface area contributed by atoms with Gasteiger partial charge in [0.2, 0.25) is 0 Å². The number of guanidine groups is 1. The standard InChI is InChI=1S/C23H31N3O2/c1-3-24-22(26-17-23(2,27)20-12-8-5-9-13-20)25-16-19-14-15-28-21(19)18-10-6-4-7-11-18/h4-13,19,21,27H,3,14-17H2,1-2H3,(H2,24,25,26). The Morgan fingerprint density at radius 1 is 1.11 bits per heavy atom. The lowest BCUT2D eigenvalue weighted by atomic mass is 9.95. The first-order valence-electron chi connectivity index (χ1n) is 10.1. The third kappa shape index (κ3) is 5.33. The Bertz CT molecular complexity index is 747. The molecule has 0 saturated carbocycles. The van der Waals surface area contributed by atoms with E-state index >= 15 is 0 Å². The minimum atomic E-state index is -1.01. The highest BCUT2D eigenvalue weighted by Crippen LogP contribution is 2.33. The predicted molar refractivity (Wildman–Crippen MR) is 113 cm³/mol. The fourth-order valence-corrected chi connectivity index (χ4v) is 3.55. The van der Waals surface area contributed by atoms with Gasteiger partial charge in [-0.05, 0) is 31.4 Å². The second kappa shape index (κ2) is 9.71. The Hall–Kier alpha value is -2.37. The Morgan fingerprint density at radius 3 is 2.46 bits per heavy atom. The molecule has 3 atom stereocenters. The van der Waals surface area contributed by atoms with Crippen molar-refractivity contribution in [3.8, 4) is 0 Å². The summed E-state index contributed by atoms with van der Waals surface area (Å²) in [5.74, 6) is 1.11. The van der Waals surface area contributed by atoms with E-state index in [2.05, 4.69) is 39.9 Å². The molecule has 28 heavy (non-hydrogen) atoms. The van der Waals surface area contributed by atoms with E-state index in [4.69, 9.17) is 4.74 Å². The Morgan fingerprint density at radius 2 is 1.79 bits per heavy atom. The van der Waals surface area contributed by atoms with Crippen LogP contribution < -0.4 is 10.6 Å². The topological polar surface area (TPSA) is 65.9 Å². The predicted octanol–water partition coefficient (Wildman–Crippen LogP) is 3.23. The lowest BCUT2D eigenvalue weighted by Crippen LogP contribution is -2.41. The van der Waals surface area contributed by atoms with Gasteiger partial charge < -0.3 is 20.5 Å². The highest BCUT2D eigenvalue weighted by atomic mass is 16.5. The van der Waals surface area contributed by atoms with Crippen molar-refractivity contribution in [2.75, 3.05) is 26.2 Å². The molecule has 1 heterocycles. The molecule has 1 aliphatic rings. The molecule has 2 aromatic rings. The van der Waals surface area contributed by atoms with Crippen molar-refractivity contribution in [2.24, 2.45) is 10.9 Å². The second-order valence-corrected chi connectivity index (χ2v) is 7.47. The van der Waals surface area contributed by atoms with Gasteiger partial charge in [-0.25, -0.2) is 4.99 Å². The van der Waals surface area contributed by atoms with Gasteiger partial charge >= 0.3 is 0 Å². The van der Waals surface area contributed by atoms with Crippen molar-refractivity contribution in [3.05, 3.63) is 71.8 Å². The molecule has 0 aliphatic carbocycles. The number of aliphatic imine (C=N–C) groups is 1. The number of nitrogens with zero attached hydrogens (tertiary/aromatic N) is 1. The molecule has 0 amide bonds. The molecule has 0 spiro atoms. The normalized spacial score (nSPS) is 21.9. The molecule has 0 aromatic heterocycles. The van der Waals surface area contributed by atoms with E-state index in [0.717, 1.165) is 37.6 Å². The number of rotatable bonds is 7. The zero-order chi connectivity index (χ0) is 19.8. The van der Waals surface area contributed by atoms with Crippen LogP contribution in [0.5, 0.6) is 0 Å². The number of benzene rings is 2. The Kier molecular flexibility index (Phi) is 7.06. The number of hydrogen-bond acceptors (Lipinski definition) is 3. The summed E-state index contributed by atoms with van der Waals surface area (Å²) >= 11 is 0. The van der Waals surface area contributed by atoms with Crippen molar-refractivity contribution in [2.45, 2.75) is 32.0 Å². The third-order valence-electron chi connectivity index (χ3n) is 5.16. The van der Waals surface area contributed by atoms with E-state index in [0.29, 0.717) is 5.92 Å². The van der Waals surface area contributed by atoms with Gasteiger partial charge in [-0.15, -0.1) is 0 Å². The minimum Gasteiger partial charge on any atom is -0.384 e. The highest BCUT2D eigenvalue weighted by Gasteiger charge is 2.29. The van der Waals surface area contributed by atoms with Crippen LogP contribution in [0.1, 0.15) is 37.5 Å². The van der Waals surface area contributed by atoms with Gasteiger partial charge in [-0.2, -0.15) is 0 Å². The first-order valence-corrected chi connectivity index (χ1v) is 10.1. The van der Waals surface area contributed by atoms with Crippen LogP contribution in [0.4, 0.5) is 0 Å². The maximum absolute atomic E-state index is 10.8. The first-order chi connectivity index (χ1) is 13.6. The maximum Gasteiger partial charge on any atom is 0.191 e. The van der Waals surface area contributed by atoms with E-state index in [9.17, 15) is 5.11 Å². The van der Waals surface area contributed by atoms with Crippen LogP contribution in [0, 0.1) is 5.92 Å². The third-order valence-corrected chi connectivity index (χ3v) is 5.16. The minimum absolute atomic E-state index is 0.115. The molecule has 1 fully saturated rings. The van der Waals surface area contributed by atoms with Crippen molar-refractivity contribution in [1.29, 1.82) is 0 Å². The summed E-state index contributed by atoms with van der Waals surface area (Å²) < 4.78 is 5.98. The van der Waals surface area contributed by atoms with Crippen molar-refractivity contribution in [3.63, 3.8) is 0 Å². The summed E-state index contributed by atoms with van der Waals surface area (Å²) in [5.41, 5.74) is 1.08. The molecular formula is C23H31N3O2. The Labute approximate surface area is 167 Å². The first kappa shape index (κ1) is 20.4. The summed E-state index contributed by atoms with van der Waals surface area (Å²) in [5, 5.41) is 17.5. The van der Waals surface area contributed by atoms with Crippen LogP contribution >= 0.6 is 0 Å². The lowest BCUT2D eigenvalue weighted by molar-refractivity contribution is 0.0672. The smallest absolute Gasteiger partial charge is 0.191 e. The van der Waals surface area contributed by atoms with Crippen LogP contribution in [0.2, 0.25) is 0 Å². The molecule has 0 radical (unpaired) electrons. The average molecular weight is 382 g/mol. The van der Waals surface area contributed by atoms with Gasteiger partial charge in [0.25, 0.3) is 0 Å². The van der Waals surface area contributed by atoms with E-state index in [1.165, 1.54) is 5.56 Å². The van der Waals surface area contributed by atoms with Gasteiger partial charge in [0.1, 0.15) is 5.60 Å². The van der Waals surface area contributed by atoms with Gasteiger partial charge in [-0.3, -0.25) is 0 Å². The molecule has 3 rings (SSSR count). The monoisotopic (exact) mass is 381 g/mol. The summed E-state index contributed by atoms with van der Waals surface area (Å²) in [6, 6.07) is 20.0. The molecule has 5 nitrogen and oxygen atoms in total. The van der Waals surface area contributed by atoms with Crippen LogP contribution in [0.3, 0.4) is 0 Å². The second-order valence-electron chi connectivity index (χ2n) is 7.47. The van der Waals surface area contributed by atoms with Gasteiger partial charge in [0.15, 0.2) is 5.96 Å². The van der Waals surface area contributed by atoms with Crippen LogP contribution in [-0.4, -0.2) is 37.3 Å². The van der Waals surface area contributed by atoms with Gasteiger partial charge in [0, 0.05) is 25.6 Å². The SMILES string of the molecule is CCNC(=NCC(C)(O)c1ccccc1)NCC1CCOC1c1ccccc1. The molecule has 3 N–H and O–H groups in total. The van der Waals surface area contributed by atoms with Crippen LogP contribution in [-0.2, 0) is 10.3 Å². The molecule has 150 valence electrons. The molecule has 5 heteroatoms. The Balaban J connectivity index is 1.62. The number of hydrogen-bond donors (Lipinski definition) is 3.